The van der Waals surface area contributed by atoms with Gasteiger partial charge in [0.05, 0.1) is 16.8 Å². The maximum absolute atomic E-state index is 12.4. The van der Waals surface area contributed by atoms with E-state index in [4.69, 9.17) is 0 Å². The summed E-state index contributed by atoms with van der Waals surface area (Å²) in [5.74, 6) is 0.519. The average Bonchev–Trinajstić information content (AvgIpc) is 3.11. The summed E-state index contributed by atoms with van der Waals surface area (Å²) in [7, 11) is 0. The maximum Gasteiger partial charge on any atom is 0.269 e. The summed E-state index contributed by atoms with van der Waals surface area (Å²) in [6, 6.07) is 14.1. The van der Waals surface area contributed by atoms with Crippen molar-refractivity contribution in [2.45, 2.75) is 17.8 Å². The van der Waals surface area contributed by atoms with Crippen molar-refractivity contribution in [3.63, 3.8) is 0 Å². The minimum Gasteiger partial charge on any atom is -0.301 e. The fraction of sp³-hybridized carbons (Fsp3) is 0.105. The number of hydrogen-bond donors (Lipinski definition) is 1. The number of nitrogens with zero attached hydrogens (tertiary/aromatic N) is 4. The Morgan fingerprint density at radius 3 is 2.64 bits per heavy atom. The van der Waals surface area contributed by atoms with E-state index in [1.807, 2.05) is 31.2 Å². The lowest BCUT2D eigenvalue weighted by atomic mass is 10.2. The average molecular weight is 393 g/mol. The molecule has 0 aliphatic heterocycles. The largest absolute Gasteiger partial charge is 0.301 e. The number of thioether (sulfide) groups is 1. The van der Waals surface area contributed by atoms with Crippen LogP contribution in [0.15, 0.2) is 64.7 Å². The zero-order valence-corrected chi connectivity index (χ0v) is 15.6. The van der Waals surface area contributed by atoms with E-state index < -0.39 is 4.92 Å². The molecule has 2 aromatic heterocycles. The molecule has 0 amide bonds. The van der Waals surface area contributed by atoms with Crippen molar-refractivity contribution in [2.75, 3.05) is 0 Å². The molecule has 9 heteroatoms. The number of para-hydroxylation sites is 1. The first-order valence-corrected chi connectivity index (χ1v) is 9.41. The molecule has 0 aliphatic carbocycles. The zero-order valence-electron chi connectivity index (χ0n) is 14.8. The van der Waals surface area contributed by atoms with E-state index in [9.17, 15) is 14.9 Å². The third-order valence-corrected chi connectivity index (χ3v) is 5.23. The number of H-pyrrole nitrogens is 1. The zero-order chi connectivity index (χ0) is 19.7. The van der Waals surface area contributed by atoms with Gasteiger partial charge in [0.2, 0.25) is 0 Å². The first kappa shape index (κ1) is 17.9. The van der Waals surface area contributed by atoms with Gasteiger partial charge in [-0.25, -0.2) is 9.67 Å². The van der Waals surface area contributed by atoms with Gasteiger partial charge in [-0.05, 0) is 24.1 Å². The highest BCUT2D eigenvalue weighted by Gasteiger charge is 2.13. The van der Waals surface area contributed by atoms with E-state index in [0.29, 0.717) is 21.9 Å². The summed E-state index contributed by atoms with van der Waals surface area (Å²) in [5.41, 5.74) is 3.06. The summed E-state index contributed by atoms with van der Waals surface area (Å²) >= 11 is 1.35. The fourth-order valence-corrected chi connectivity index (χ4v) is 3.62. The normalized spacial score (nSPS) is 11.0. The van der Waals surface area contributed by atoms with Crippen molar-refractivity contribution < 1.29 is 4.92 Å². The van der Waals surface area contributed by atoms with E-state index in [1.54, 1.807) is 16.8 Å². The number of rotatable bonds is 5. The molecular formula is C19H15N5O3S. The summed E-state index contributed by atoms with van der Waals surface area (Å²) < 4.78 is 1.66. The van der Waals surface area contributed by atoms with E-state index in [2.05, 4.69) is 15.1 Å². The predicted octanol–water partition coefficient (Wildman–Crippen LogP) is 3.62. The van der Waals surface area contributed by atoms with Crippen LogP contribution >= 0.6 is 11.8 Å². The first-order chi connectivity index (χ1) is 13.5. The second kappa shape index (κ2) is 7.28. The Morgan fingerprint density at radius 2 is 1.93 bits per heavy atom. The second-order valence-electron chi connectivity index (χ2n) is 6.16. The van der Waals surface area contributed by atoms with E-state index in [0.717, 1.165) is 16.8 Å². The number of hydrogen-bond acceptors (Lipinski definition) is 6. The van der Waals surface area contributed by atoms with Crippen LogP contribution in [0.1, 0.15) is 11.1 Å². The number of nitro groups is 1. The van der Waals surface area contributed by atoms with Crippen LogP contribution in [0, 0.1) is 17.0 Å². The van der Waals surface area contributed by atoms with Crippen molar-refractivity contribution in [3.05, 3.63) is 86.3 Å². The quantitative estimate of drug-likeness (QED) is 0.240. The molecule has 0 bridgehead atoms. The molecule has 140 valence electrons. The van der Waals surface area contributed by atoms with Crippen LogP contribution in [0.25, 0.3) is 16.7 Å². The highest BCUT2D eigenvalue weighted by Crippen LogP contribution is 2.23. The number of nitro benzene ring substituents is 1. The number of aromatic amines is 1. The van der Waals surface area contributed by atoms with Gasteiger partial charge in [-0.3, -0.25) is 14.9 Å². The number of nitrogens with one attached hydrogen (secondary N) is 1. The number of aryl methyl sites for hydroxylation is 1. The van der Waals surface area contributed by atoms with E-state index in [1.165, 1.54) is 30.1 Å². The SMILES string of the molecule is Cc1ccccc1-n1ncc2c(=O)[nH]c(SCc3ccc([N+](=O)[O-])cc3)nc21. The number of benzene rings is 2. The van der Waals surface area contributed by atoms with Gasteiger partial charge in [0.15, 0.2) is 10.8 Å². The second-order valence-corrected chi connectivity index (χ2v) is 7.13. The molecule has 0 aliphatic rings. The standard InChI is InChI=1S/C19H15N5O3S/c1-12-4-2-3-5-16(12)23-17-15(10-20-23)18(25)22-19(21-17)28-11-13-6-8-14(9-7-13)24(26)27/h2-10H,11H2,1H3,(H,21,22,25). The molecule has 8 nitrogen and oxygen atoms in total. The molecule has 0 atom stereocenters. The molecule has 4 aromatic rings. The smallest absolute Gasteiger partial charge is 0.269 e. The molecule has 1 N–H and O–H groups in total. The van der Waals surface area contributed by atoms with Crippen molar-refractivity contribution in [2.24, 2.45) is 0 Å². The topological polar surface area (TPSA) is 107 Å². The van der Waals surface area contributed by atoms with Gasteiger partial charge in [0, 0.05) is 17.9 Å². The van der Waals surface area contributed by atoms with Crippen molar-refractivity contribution in [1.29, 1.82) is 0 Å². The van der Waals surface area contributed by atoms with Gasteiger partial charge in [-0.15, -0.1) is 0 Å². The van der Waals surface area contributed by atoms with Gasteiger partial charge in [0.25, 0.3) is 11.2 Å². The molecule has 4 rings (SSSR count). The summed E-state index contributed by atoms with van der Waals surface area (Å²) in [5, 5.41) is 16.0. The molecule has 0 saturated heterocycles. The minimum absolute atomic E-state index is 0.0452. The summed E-state index contributed by atoms with van der Waals surface area (Å²) in [6.07, 6.45) is 1.51. The van der Waals surface area contributed by atoms with Crippen LogP contribution in [-0.2, 0) is 5.75 Å². The Hall–Kier alpha value is -3.46. The Morgan fingerprint density at radius 1 is 1.18 bits per heavy atom. The van der Waals surface area contributed by atoms with Crippen LogP contribution in [0.4, 0.5) is 5.69 Å². The lowest BCUT2D eigenvalue weighted by Gasteiger charge is -2.07. The fourth-order valence-electron chi connectivity index (χ4n) is 2.81. The number of fused-ring (bicyclic) bond motifs is 1. The van der Waals surface area contributed by atoms with E-state index in [-0.39, 0.29) is 11.2 Å². The van der Waals surface area contributed by atoms with Crippen LogP contribution < -0.4 is 5.56 Å². The van der Waals surface area contributed by atoms with Gasteiger partial charge in [0.1, 0.15) is 5.39 Å². The Kier molecular flexibility index (Phi) is 4.66. The summed E-state index contributed by atoms with van der Waals surface area (Å²) in [6.45, 7) is 1.97. The van der Waals surface area contributed by atoms with Crippen LogP contribution in [-0.4, -0.2) is 24.7 Å². The van der Waals surface area contributed by atoms with Crippen LogP contribution in [0.2, 0.25) is 0 Å². The van der Waals surface area contributed by atoms with Gasteiger partial charge in [-0.2, -0.15) is 5.10 Å². The van der Waals surface area contributed by atoms with Crippen molar-refractivity contribution in [3.8, 4) is 5.69 Å². The molecule has 0 spiro atoms. The molecule has 0 radical (unpaired) electrons. The van der Waals surface area contributed by atoms with Gasteiger partial charge < -0.3 is 4.98 Å². The Bertz CT molecular complexity index is 1230. The molecular weight excluding hydrogens is 378 g/mol. The number of non-ortho nitro benzene ring substituents is 1. The van der Waals surface area contributed by atoms with Gasteiger partial charge in [-0.1, -0.05) is 42.1 Å². The number of aromatic nitrogens is 4. The molecule has 2 aromatic carbocycles. The van der Waals surface area contributed by atoms with Gasteiger partial charge >= 0.3 is 0 Å². The Labute approximate surface area is 163 Å². The lowest BCUT2D eigenvalue weighted by molar-refractivity contribution is -0.384. The molecule has 2 heterocycles. The van der Waals surface area contributed by atoms with Crippen molar-refractivity contribution in [1.82, 2.24) is 19.7 Å². The van der Waals surface area contributed by atoms with E-state index >= 15 is 0 Å². The maximum atomic E-state index is 12.4. The molecule has 0 unspecified atom stereocenters. The third kappa shape index (κ3) is 3.39. The molecule has 0 saturated carbocycles. The monoisotopic (exact) mass is 393 g/mol. The third-order valence-electron chi connectivity index (χ3n) is 4.28. The highest BCUT2D eigenvalue weighted by molar-refractivity contribution is 7.98. The minimum atomic E-state index is -0.434. The van der Waals surface area contributed by atoms with Crippen molar-refractivity contribution >= 4 is 28.5 Å². The Balaban J connectivity index is 1.65. The predicted molar refractivity (Wildman–Crippen MR) is 107 cm³/mol. The summed E-state index contributed by atoms with van der Waals surface area (Å²) in [4.78, 5) is 30.1. The van der Waals surface area contributed by atoms with Crippen LogP contribution in [0.5, 0.6) is 0 Å². The first-order valence-electron chi connectivity index (χ1n) is 8.43. The lowest BCUT2D eigenvalue weighted by Crippen LogP contribution is -2.10. The van der Waals surface area contributed by atoms with Crippen LogP contribution in [0.3, 0.4) is 0 Å². The highest BCUT2D eigenvalue weighted by atomic mass is 32.2. The molecule has 0 fully saturated rings. The molecule has 28 heavy (non-hydrogen) atoms.